The molecule has 0 saturated heterocycles. The van der Waals surface area contributed by atoms with Gasteiger partial charge in [0.25, 0.3) is 5.91 Å². The van der Waals surface area contributed by atoms with Gasteiger partial charge in [0.15, 0.2) is 5.76 Å². The summed E-state index contributed by atoms with van der Waals surface area (Å²) in [6, 6.07) is 19.2. The minimum atomic E-state index is -1.09. The summed E-state index contributed by atoms with van der Waals surface area (Å²) in [5, 5.41) is 2.86. The van der Waals surface area contributed by atoms with E-state index in [1.807, 2.05) is 62.4 Å². The summed E-state index contributed by atoms with van der Waals surface area (Å²) in [5.74, 6) is 1.29. The van der Waals surface area contributed by atoms with Gasteiger partial charge in [0.1, 0.15) is 5.76 Å². The highest BCUT2D eigenvalue weighted by Crippen LogP contribution is 2.14. The maximum Gasteiger partial charge on any atom is 0.287 e. The van der Waals surface area contributed by atoms with Gasteiger partial charge in [-0.1, -0.05) is 54.1 Å². The second-order valence-electron chi connectivity index (χ2n) is 6.59. The van der Waals surface area contributed by atoms with Crippen LogP contribution in [-0.2, 0) is 28.9 Å². The molecule has 140 valence electrons. The summed E-state index contributed by atoms with van der Waals surface area (Å²) >= 11 is 0. The van der Waals surface area contributed by atoms with Crippen LogP contribution in [0, 0.1) is 13.8 Å². The van der Waals surface area contributed by atoms with Crippen molar-refractivity contribution in [1.29, 1.82) is 0 Å². The molecule has 2 aromatic carbocycles. The molecule has 4 nitrogen and oxygen atoms in total. The monoisotopic (exact) mass is 381 g/mol. The Kier molecular flexibility index (Phi) is 6.24. The highest BCUT2D eigenvalue weighted by atomic mass is 32.2. The van der Waals surface area contributed by atoms with Crippen LogP contribution in [0.25, 0.3) is 0 Å². The molecule has 0 unspecified atom stereocenters. The summed E-state index contributed by atoms with van der Waals surface area (Å²) < 4.78 is 17.9. The lowest BCUT2D eigenvalue weighted by atomic mass is 10.1. The number of benzene rings is 2. The third-order valence-corrected chi connectivity index (χ3v) is 5.60. The van der Waals surface area contributed by atoms with Crippen molar-refractivity contribution < 1.29 is 13.4 Å². The Labute approximate surface area is 162 Å². The minimum Gasteiger partial charge on any atom is -0.455 e. The highest BCUT2D eigenvalue weighted by Gasteiger charge is 2.13. The first kappa shape index (κ1) is 19.1. The Morgan fingerprint density at radius 3 is 2.44 bits per heavy atom. The molecule has 3 aromatic rings. The van der Waals surface area contributed by atoms with E-state index in [1.165, 1.54) is 5.56 Å². The third kappa shape index (κ3) is 5.41. The number of amides is 1. The number of rotatable bonds is 7. The van der Waals surface area contributed by atoms with Crippen LogP contribution in [0.4, 0.5) is 0 Å². The smallest absolute Gasteiger partial charge is 0.287 e. The second kappa shape index (κ2) is 8.82. The highest BCUT2D eigenvalue weighted by molar-refractivity contribution is 7.83. The lowest BCUT2D eigenvalue weighted by Crippen LogP contribution is -2.22. The van der Waals surface area contributed by atoms with Crippen LogP contribution in [0.15, 0.2) is 65.1 Å². The lowest BCUT2D eigenvalue weighted by molar-refractivity contribution is 0.0921. The van der Waals surface area contributed by atoms with Crippen molar-refractivity contribution in [3.05, 3.63) is 94.4 Å². The molecule has 1 heterocycles. The standard InChI is InChI=1S/C22H23NO3S/c1-16-7-9-18(10-8-16)14-27(25)15-20-11-12-21(26-20)22(24)23-13-19-6-4-3-5-17(19)2/h3-12H,13-15H2,1-2H3,(H,23,24)/t27-/m1/s1. The molecule has 1 amide bonds. The summed E-state index contributed by atoms with van der Waals surface area (Å²) in [4.78, 5) is 12.3. The van der Waals surface area contributed by atoms with E-state index in [0.29, 0.717) is 23.8 Å². The van der Waals surface area contributed by atoms with Gasteiger partial charge in [-0.3, -0.25) is 9.00 Å². The molecule has 1 N–H and O–H groups in total. The van der Waals surface area contributed by atoms with Gasteiger partial charge in [0.05, 0.1) is 5.75 Å². The van der Waals surface area contributed by atoms with Gasteiger partial charge in [0, 0.05) is 23.1 Å². The molecular formula is C22H23NO3S. The van der Waals surface area contributed by atoms with Crippen LogP contribution in [0.3, 0.4) is 0 Å². The molecule has 3 rings (SSSR count). The van der Waals surface area contributed by atoms with Crippen LogP contribution < -0.4 is 5.32 Å². The molecule has 0 fully saturated rings. The molecule has 0 aliphatic heterocycles. The van der Waals surface area contributed by atoms with E-state index in [-0.39, 0.29) is 11.7 Å². The summed E-state index contributed by atoms with van der Waals surface area (Å²) in [6.07, 6.45) is 0. The summed E-state index contributed by atoms with van der Waals surface area (Å²) in [6.45, 7) is 4.48. The van der Waals surface area contributed by atoms with E-state index >= 15 is 0 Å². The van der Waals surface area contributed by atoms with E-state index in [4.69, 9.17) is 4.42 Å². The summed E-state index contributed by atoms with van der Waals surface area (Å²) in [5.41, 5.74) is 4.40. The average molecular weight is 381 g/mol. The van der Waals surface area contributed by atoms with E-state index < -0.39 is 10.8 Å². The van der Waals surface area contributed by atoms with Gasteiger partial charge >= 0.3 is 0 Å². The average Bonchev–Trinajstić information content (AvgIpc) is 3.11. The first-order valence-corrected chi connectivity index (χ1v) is 10.3. The molecule has 0 radical (unpaired) electrons. The maximum absolute atomic E-state index is 12.3. The van der Waals surface area contributed by atoms with Gasteiger partial charge in [-0.2, -0.15) is 0 Å². The van der Waals surface area contributed by atoms with Crippen molar-refractivity contribution in [3.8, 4) is 0 Å². The zero-order chi connectivity index (χ0) is 19.2. The summed E-state index contributed by atoms with van der Waals surface area (Å²) in [7, 11) is -1.09. The largest absolute Gasteiger partial charge is 0.455 e. The van der Waals surface area contributed by atoms with E-state index in [0.717, 1.165) is 16.7 Å². The Balaban J connectivity index is 1.54. The molecule has 0 aliphatic carbocycles. The second-order valence-corrected chi connectivity index (χ2v) is 8.05. The van der Waals surface area contributed by atoms with E-state index in [2.05, 4.69) is 5.32 Å². The maximum atomic E-state index is 12.3. The Morgan fingerprint density at radius 2 is 1.70 bits per heavy atom. The van der Waals surface area contributed by atoms with Gasteiger partial charge in [-0.15, -0.1) is 0 Å². The van der Waals surface area contributed by atoms with Crippen molar-refractivity contribution in [1.82, 2.24) is 5.32 Å². The molecule has 0 bridgehead atoms. The Morgan fingerprint density at radius 1 is 0.963 bits per heavy atom. The minimum absolute atomic E-state index is 0.242. The van der Waals surface area contributed by atoms with Gasteiger partial charge < -0.3 is 9.73 Å². The van der Waals surface area contributed by atoms with E-state index in [1.54, 1.807) is 12.1 Å². The predicted octanol–water partition coefficient (Wildman–Crippen LogP) is 4.28. The number of hydrogen-bond donors (Lipinski definition) is 1. The number of carbonyl (C=O) groups excluding carboxylic acids is 1. The number of carbonyl (C=O) groups is 1. The fourth-order valence-corrected chi connectivity index (χ4v) is 3.87. The number of hydrogen-bond acceptors (Lipinski definition) is 3. The predicted molar refractivity (Wildman–Crippen MR) is 108 cm³/mol. The molecule has 0 spiro atoms. The van der Waals surface area contributed by atoms with Crippen molar-refractivity contribution in [2.24, 2.45) is 0 Å². The topological polar surface area (TPSA) is 59.3 Å². The molecule has 5 heteroatoms. The van der Waals surface area contributed by atoms with Crippen molar-refractivity contribution in [3.63, 3.8) is 0 Å². The zero-order valence-electron chi connectivity index (χ0n) is 15.5. The van der Waals surface area contributed by atoms with Gasteiger partial charge in [0.2, 0.25) is 0 Å². The molecule has 0 aliphatic rings. The number of furan rings is 1. The third-order valence-electron chi connectivity index (χ3n) is 4.34. The van der Waals surface area contributed by atoms with Gasteiger partial charge in [-0.25, -0.2) is 0 Å². The first-order chi connectivity index (χ1) is 13.0. The van der Waals surface area contributed by atoms with Crippen molar-refractivity contribution in [2.75, 3.05) is 0 Å². The quantitative estimate of drug-likeness (QED) is 0.665. The zero-order valence-corrected chi connectivity index (χ0v) is 16.3. The number of nitrogens with one attached hydrogen (secondary N) is 1. The molecule has 1 aromatic heterocycles. The van der Waals surface area contributed by atoms with E-state index in [9.17, 15) is 9.00 Å². The normalized spacial score (nSPS) is 11.9. The Hall–Kier alpha value is -2.66. The van der Waals surface area contributed by atoms with Crippen molar-refractivity contribution >= 4 is 16.7 Å². The lowest BCUT2D eigenvalue weighted by Gasteiger charge is -2.06. The van der Waals surface area contributed by atoms with Crippen LogP contribution in [-0.4, -0.2) is 10.1 Å². The molecule has 0 saturated carbocycles. The van der Waals surface area contributed by atoms with Crippen LogP contribution >= 0.6 is 0 Å². The van der Waals surface area contributed by atoms with Crippen molar-refractivity contribution in [2.45, 2.75) is 31.9 Å². The number of aryl methyl sites for hydroxylation is 2. The van der Waals surface area contributed by atoms with Crippen LogP contribution in [0.5, 0.6) is 0 Å². The first-order valence-electron chi connectivity index (χ1n) is 8.83. The SMILES string of the molecule is Cc1ccc(C[S@@](=O)Cc2ccc(C(=O)NCc3ccccc3C)o2)cc1. The molecule has 1 atom stereocenters. The van der Waals surface area contributed by atoms with Gasteiger partial charge in [-0.05, 0) is 42.7 Å². The van der Waals surface area contributed by atoms with Crippen LogP contribution in [0.1, 0.15) is 38.6 Å². The Bertz CT molecular complexity index is 944. The molecule has 27 heavy (non-hydrogen) atoms. The molecular weight excluding hydrogens is 358 g/mol. The fraction of sp³-hybridized carbons (Fsp3) is 0.227. The van der Waals surface area contributed by atoms with Crippen LogP contribution in [0.2, 0.25) is 0 Å². The fourth-order valence-electron chi connectivity index (χ4n) is 2.73.